The standard InChI is InChI=1S/C23H27BrN4O3S/c1-16(2)10-21-15-31-22-11-19(24)8-9-23(22)32(29,30)28(21)14-20-13-27(26-25-20)12-18-7-5-4-6-17(18)3/h4-9,11,13,16,21H,10,12,14-15H2,1-3H3/t21-/m1/s1. The first-order valence-corrected chi connectivity index (χ1v) is 12.8. The number of benzene rings is 2. The van der Waals surface area contributed by atoms with Crippen molar-refractivity contribution in [3.63, 3.8) is 0 Å². The highest BCUT2D eigenvalue weighted by molar-refractivity contribution is 9.10. The fourth-order valence-electron chi connectivity index (χ4n) is 3.95. The third kappa shape index (κ3) is 4.89. The minimum absolute atomic E-state index is 0.145. The molecule has 0 fully saturated rings. The van der Waals surface area contributed by atoms with Crippen LogP contribution in [0.3, 0.4) is 0 Å². The molecule has 0 amide bonds. The van der Waals surface area contributed by atoms with Crippen molar-refractivity contribution in [1.29, 1.82) is 0 Å². The maximum Gasteiger partial charge on any atom is 0.247 e. The first kappa shape index (κ1) is 22.9. The van der Waals surface area contributed by atoms with Crippen LogP contribution in [-0.4, -0.2) is 40.4 Å². The van der Waals surface area contributed by atoms with Crippen molar-refractivity contribution >= 4 is 26.0 Å². The van der Waals surface area contributed by atoms with Gasteiger partial charge in [0.1, 0.15) is 17.3 Å². The van der Waals surface area contributed by atoms with Crippen LogP contribution < -0.4 is 4.74 Å². The van der Waals surface area contributed by atoms with E-state index in [1.54, 1.807) is 22.9 Å². The Balaban J connectivity index is 1.64. The number of halogens is 1. The van der Waals surface area contributed by atoms with Crippen LogP contribution in [0.1, 0.15) is 37.1 Å². The fraction of sp³-hybridized carbons (Fsp3) is 0.391. The quantitative estimate of drug-likeness (QED) is 0.483. The molecule has 0 unspecified atom stereocenters. The molecular weight excluding hydrogens is 492 g/mol. The van der Waals surface area contributed by atoms with Gasteiger partial charge in [0.15, 0.2) is 0 Å². The van der Waals surface area contributed by atoms with Crippen molar-refractivity contribution in [2.75, 3.05) is 6.61 Å². The van der Waals surface area contributed by atoms with E-state index < -0.39 is 10.0 Å². The fourth-order valence-corrected chi connectivity index (χ4v) is 6.00. The van der Waals surface area contributed by atoms with E-state index in [9.17, 15) is 8.42 Å². The molecule has 1 aromatic heterocycles. The van der Waals surface area contributed by atoms with E-state index in [-0.39, 0.29) is 24.1 Å². The summed E-state index contributed by atoms with van der Waals surface area (Å²) in [6.45, 7) is 7.24. The molecule has 0 N–H and O–H groups in total. The topological polar surface area (TPSA) is 77.3 Å². The zero-order chi connectivity index (χ0) is 22.9. The van der Waals surface area contributed by atoms with E-state index in [2.05, 4.69) is 59.1 Å². The first-order valence-electron chi connectivity index (χ1n) is 10.6. The number of fused-ring (bicyclic) bond motifs is 1. The van der Waals surface area contributed by atoms with Crippen LogP contribution in [0.5, 0.6) is 5.75 Å². The van der Waals surface area contributed by atoms with E-state index in [1.165, 1.54) is 9.87 Å². The van der Waals surface area contributed by atoms with Crippen molar-refractivity contribution in [3.05, 3.63) is 70.0 Å². The maximum absolute atomic E-state index is 13.6. The van der Waals surface area contributed by atoms with Crippen molar-refractivity contribution < 1.29 is 13.2 Å². The zero-order valence-electron chi connectivity index (χ0n) is 18.4. The summed E-state index contributed by atoms with van der Waals surface area (Å²) in [6.07, 6.45) is 2.51. The van der Waals surface area contributed by atoms with Gasteiger partial charge in [0.2, 0.25) is 10.0 Å². The van der Waals surface area contributed by atoms with Gasteiger partial charge in [-0.1, -0.05) is 59.3 Å². The van der Waals surface area contributed by atoms with E-state index >= 15 is 0 Å². The molecule has 170 valence electrons. The number of aryl methyl sites for hydroxylation is 1. The lowest BCUT2D eigenvalue weighted by Gasteiger charge is -2.28. The molecule has 0 spiro atoms. The van der Waals surface area contributed by atoms with Gasteiger partial charge in [-0.05, 0) is 48.6 Å². The lowest BCUT2D eigenvalue weighted by molar-refractivity contribution is 0.186. The monoisotopic (exact) mass is 518 g/mol. The Morgan fingerprint density at radius 1 is 1.19 bits per heavy atom. The summed E-state index contributed by atoms with van der Waals surface area (Å²) < 4.78 is 37.3. The minimum atomic E-state index is -3.77. The molecule has 0 bridgehead atoms. The van der Waals surface area contributed by atoms with Crippen LogP contribution in [-0.2, 0) is 23.1 Å². The Morgan fingerprint density at radius 3 is 2.72 bits per heavy atom. The van der Waals surface area contributed by atoms with Gasteiger partial charge >= 0.3 is 0 Å². The summed E-state index contributed by atoms with van der Waals surface area (Å²) >= 11 is 3.40. The number of ether oxygens (including phenoxy) is 1. The third-order valence-electron chi connectivity index (χ3n) is 5.57. The van der Waals surface area contributed by atoms with E-state index in [4.69, 9.17) is 4.74 Å². The second-order valence-corrected chi connectivity index (χ2v) is 11.3. The lowest BCUT2D eigenvalue weighted by atomic mass is 10.0. The van der Waals surface area contributed by atoms with Crippen LogP contribution in [0.4, 0.5) is 0 Å². The van der Waals surface area contributed by atoms with Gasteiger partial charge in [-0.25, -0.2) is 13.1 Å². The predicted molar refractivity (Wildman–Crippen MR) is 126 cm³/mol. The molecule has 0 aliphatic carbocycles. The van der Waals surface area contributed by atoms with E-state index in [0.29, 0.717) is 30.3 Å². The SMILES string of the molecule is Cc1ccccc1Cn1cc(CN2[C@H](CC(C)C)COc3cc(Br)ccc3S2(=O)=O)nn1. The minimum Gasteiger partial charge on any atom is -0.490 e. The Hall–Kier alpha value is -2.23. The van der Waals surface area contributed by atoms with Crippen LogP contribution in [0, 0.1) is 12.8 Å². The summed E-state index contributed by atoms with van der Waals surface area (Å²) in [5.74, 6) is 0.685. The third-order valence-corrected chi connectivity index (χ3v) is 8.00. The molecule has 1 aliphatic heterocycles. The lowest BCUT2D eigenvalue weighted by Crippen LogP contribution is -2.42. The van der Waals surface area contributed by atoms with Crippen LogP contribution >= 0.6 is 15.9 Å². The molecule has 0 radical (unpaired) electrons. The number of hydrogen-bond donors (Lipinski definition) is 0. The normalized spacial score (nSPS) is 18.2. The molecule has 7 nitrogen and oxygen atoms in total. The molecule has 9 heteroatoms. The summed E-state index contributed by atoms with van der Waals surface area (Å²) in [6, 6.07) is 12.8. The van der Waals surface area contributed by atoms with Crippen molar-refractivity contribution in [2.45, 2.75) is 51.2 Å². The predicted octanol–water partition coefficient (Wildman–Crippen LogP) is 4.40. The summed E-state index contributed by atoms with van der Waals surface area (Å²) in [4.78, 5) is 0.180. The van der Waals surface area contributed by atoms with Crippen LogP contribution in [0.25, 0.3) is 0 Å². The average molecular weight is 519 g/mol. The zero-order valence-corrected chi connectivity index (χ0v) is 20.8. The smallest absolute Gasteiger partial charge is 0.247 e. The van der Waals surface area contributed by atoms with E-state index in [1.807, 2.05) is 18.3 Å². The molecule has 1 aliphatic rings. The molecule has 1 atom stereocenters. The van der Waals surface area contributed by atoms with E-state index in [0.717, 1.165) is 10.0 Å². The molecule has 2 aromatic carbocycles. The van der Waals surface area contributed by atoms with Gasteiger partial charge in [0.05, 0.1) is 31.0 Å². The Kier molecular flexibility index (Phi) is 6.69. The van der Waals surface area contributed by atoms with Crippen LogP contribution in [0.15, 0.2) is 58.0 Å². The molecule has 0 saturated heterocycles. The Labute approximate surface area is 197 Å². The van der Waals surface area contributed by atoms with Crippen molar-refractivity contribution in [3.8, 4) is 5.75 Å². The number of rotatable bonds is 6. The highest BCUT2D eigenvalue weighted by Crippen LogP contribution is 2.35. The van der Waals surface area contributed by atoms with Gasteiger partial charge < -0.3 is 4.74 Å². The van der Waals surface area contributed by atoms with Crippen LogP contribution in [0.2, 0.25) is 0 Å². The summed E-state index contributed by atoms with van der Waals surface area (Å²) in [7, 11) is -3.77. The van der Waals surface area contributed by atoms with Gasteiger partial charge in [-0.2, -0.15) is 4.31 Å². The molecule has 3 aromatic rings. The van der Waals surface area contributed by atoms with Crippen molar-refractivity contribution in [2.24, 2.45) is 5.92 Å². The average Bonchev–Trinajstić information content (AvgIpc) is 3.14. The van der Waals surface area contributed by atoms with Crippen molar-refractivity contribution in [1.82, 2.24) is 19.3 Å². The molecule has 2 heterocycles. The van der Waals surface area contributed by atoms with Gasteiger partial charge in [0.25, 0.3) is 0 Å². The maximum atomic E-state index is 13.6. The molecule has 4 rings (SSSR count). The second kappa shape index (κ2) is 9.33. The highest BCUT2D eigenvalue weighted by atomic mass is 79.9. The highest BCUT2D eigenvalue weighted by Gasteiger charge is 2.38. The molecule has 32 heavy (non-hydrogen) atoms. The number of aromatic nitrogens is 3. The Morgan fingerprint density at radius 2 is 1.97 bits per heavy atom. The number of sulfonamides is 1. The van der Waals surface area contributed by atoms with Gasteiger partial charge in [-0.3, -0.25) is 0 Å². The first-order chi connectivity index (χ1) is 15.2. The molecular formula is C23H27BrN4O3S. The second-order valence-electron chi connectivity index (χ2n) is 8.57. The Bertz CT molecular complexity index is 1210. The number of hydrogen-bond acceptors (Lipinski definition) is 5. The number of nitrogens with zero attached hydrogens (tertiary/aromatic N) is 4. The summed E-state index contributed by atoms with van der Waals surface area (Å²) in [5, 5.41) is 8.51. The van der Waals surface area contributed by atoms with Gasteiger partial charge in [0, 0.05) is 4.47 Å². The molecule has 0 saturated carbocycles. The summed E-state index contributed by atoms with van der Waals surface area (Å²) in [5.41, 5.74) is 2.94. The largest absolute Gasteiger partial charge is 0.490 e. The van der Waals surface area contributed by atoms with Gasteiger partial charge in [-0.15, -0.1) is 5.10 Å².